The van der Waals surface area contributed by atoms with E-state index < -0.39 is 0 Å². The largest absolute Gasteiger partial charge is 0.496 e. The van der Waals surface area contributed by atoms with Crippen LogP contribution in [0, 0.1) is 0 Å². The van der Waals surface area contributed by atoms with Crippen LogP contribution in [0.3, 0.4) is 0 Å². The standard InChI is InChI=1S/C14H20O4/c1-10(2)8-18-9-12-13(16-4)6-11(15-3)7-14(12)17-5/h6-7H,1,8-9H2,2-5H3. The molecular weight excluding hydrogens is 232 g/mol. The molecule has 0 saturated carbocycles. The van der Waals surface area contributed by atoms with Crippen molar-refractivity contribution in [3.05, 3.63) is 29.8 Å². The Labute approximate surface area is 108 Å². The smallest absolute Gasteiger partial charge is 0.131 e. The average molecular weight is 252 g/mol. The first kappa shape index (κ1) is 14.4. The van der Waals surface area contributed by atoms with Gasteiger partial charge in [-0.1, -0.05) is 12.2 Å². The van der Waals surface area contributed by atoms with Crippen molar-refractivity contribution in [1.82, 2.24) is 0 Å². The third-order valence-electron chi connectivity index (χ3n) is 2.41. The van der Waals surface area contributed by atoms with Crippen LogP contribution < -0.4 is 14.2 Å². The summed E-state index contributed by atoms with van der Waals surface area (Å²) in [6.45, 7) is 6.63. The van der Waals surface area contributed by atoms with E-state index >= 15 is 0 Å². The number of rotatable bonds is 7. The van der Waals surface area contributed by atoms with Gasteiger partial charge in [-0.2, -0.15) is 0 Å². The molecule has 0 bridgehead atoms. The number of hydrogen-bond acceptors (Lipinski definition) is 4. The first-order chi connectivity index (χ1) is 8.62. The van der Waals surface area contributed by atoms with Crippen molar-refractivity contribution in [2.75, 3.05) is 27.9 Å². The summed E-state index contributed by atoms with van der Waals surface area (Å²) in [6, 6.07) is 3.62. The molecule has 4 heteroatoms. The minimum atomic E-state index is 0.406. The van der Waals surface area contributed by atoms with E-state index in [-0.39, 0.29) is 0 Å². The first-order valence-electron chi connectivity index (χ1n) is 5.63. The molecule has 0 aliphatic carbocycles. The SMILES string of the molecule is C=C(C)COCc1c(OC)cc(OC)cc1OC. The molecule has 0 amide bonds. The van der Waals surface area contributed by atoms with Crippen LogP contribution in [-0.2, 0) is 11.3 Å². The fourth-order valence-electron chi connectivity index (χ4n) is 1.55. The normalized spacial score (nSPS) is 10.0. The van der Waals surface area contributed by atoms with Gasteiger partial charge in [-0.3, -0.25) is 0 Å². The Hall–Kier alpha value is -1.68. The van der Waals surface area contributed by atoms with Crippen molar-refractivity contribution in [1.29, 1.82) is 0 Å². The van der Waals surface area contributed by atoms with Crippen LogP contribution in [0.15, 0.2) is 24.3 Å². The van der Waals surface area contributed by atoms with Crippen LogP contribution in [-0.4, -0.2) is 27.9 Å². The predicted octanol–water partition coefficient (Wildman–Crippen LogP) is 2.81. The van der Waals surface area contributed by atoms with Gasteiger partial charge in [-0.25, -0.2) is 0 Å². The summed E-state index contributed by atoms with van der Waals surface area (Å²) in [6.07, 6.45) is 0. The van der Waals surface area contributed by atoms with E-state index in [2.05, 4.69) is 6.58 Å². The van der Waals surface area contributed by atoms with Gasteiger partial charge in [0.05, 0.1) is 40.1 Å². The average Bonchev–Trinajstić information content (AvgIpc) is 2.37. The molecule has 0 radical (unpaired) electrons. The molecule has 1 aromatic carbocycles. The highest BCUT2D eigenvalue weighted by Crippen LogP contribution is 2.34. The van der Waals surface area contributed by atoms with Gasteiger partial charge in [0.2, 0.25) is 0 Å². The fraction of sp³-hybridized carbons (Fsp3) is 0.429. The van der Waals surface area contributed by atoms with Crippen molar-refractivity contribution >= 4 is 0 Å². The maximum absolute atomic E-state index is 5.54. The predicted molar refractivity (Wildman–Crippen MR) is 70.6 cm³/mol. The molecule has 0 spiro atoms. The van der Waals surface area contributed by atoms with E-state index in [1.165, 1.54) is 0 Å². The van der Waals surface area contributed by atoms with E-state index in [9.17, 15) is 0 Å². The van der Waals surface area contributed by atoms with Crippen molar-refractivity contribution in [2.24, 2.45) is 0 Å². The van der Waals surface area contributed by atoms with Gasteiger partial charge >= 0.3 is 0 Å². The minimum absolute atomic E-state index is 0.406. The van der Waals surface area contributed by atoms with Gasteiger partial charge in [0.15, 0.2) is 0 Å². The zero-order valence-corrected chi connectivity index (χ0v) is 11.4. The van der Waals surface area contributed by atoms with E-state index in [1.807, 2.05) is 19.1 Å². The number of benzene rings is 1. The topological polar surface area (TPSA) is 36.9 Å². The van der Waals surface area contributed by atoms with Crippen LogP contribution in [0.25, 0.3) is 0 Å². The summed E-state index contributed by atoms with van der Waals surface area (Å²) >= 11 is 0. The van der Waals surface area contributed by atoms with Crippen molar-refractivity contribution in [3.8, 4) is 17.2 Å². The molecule has 0 atom stereocenters. The third-order valence-corrected chi connectivity index (χ3v) is 2.41. The van der Waals surface area contributed by atoms with Crippen molar-refractivity contribution in [3.63, 3.8) is 0 Å². The molecule has 1 rings (SSSR count). The van der Waals surface area contributed by atoms with Crippen LogP contribution in [0.2, 0.25) is 0 Å². The summed E-state index contributed by atoms with van der Waals surface area (Å²) in [5.41, 5.74) is 1.84. The summed E-state index contributed by atoms with van der Waals surface area (Å²) in [4.78, 5) is 0. The number of ether oxygens (including phenoxy) is 4. The Kier molecular flexibility index (Phi) is 5.52. The molecule has 100 valence electrons. The monoisotopic (exact) mass is 252 g/mol. The van der Waals surface area contributed by atoms with Gasteiger partial charge < -0.3 is 18.9 Å². The molecule has 0 unspecified atom stereocenters. The summed E-state index contributed by atoms with van der Waals surface area (Å²) in [7, 11) is 4.82. The van der Waals surface area contributed by atoms with Gasteiger partial charge in [0.25, 0.3) is 0 Å². The lowest BCUT2D eigenvalue weighted by Gasteiger charge is -2.15. The third kappa shape index (κ3) is 3.67. The lowest BCUT2D eigenvalue weighted by Crippen LogP contribution is -2.02. The summed E-state index contributed by atoms with van der Waals surface area (Å²) in [5, 5.41) is 0. The van der Waals surface area contributed by atoms with Crippen LogP contribution >= 0.6 is 0 Å². The zero-order valence-electron chi connectivity index (χ0n) is 11.4. The molecule has 0 aliphatic rings. The van der Waals surface area contributed by atoms with Crippen LogP contribution in [0.1, 0.15) is 12.5 Å². The van der Waals surface area contributed by atoms with E-state index in [0.29, 0.717) is 30.5 Å². The second kappa shape index (κ2) is 6.91. The Bertz CT molecular complexity index is 387. The van der Waals surface area contributed by atoms with E-state index in [4.69, 9.17) is 18.9 Å². The van der Waals surface area contributed by atoms with E-state index in [0.717, 1.165) is 11.1 Å². The molecule has 0 aliphatic heterocycles. The first-order valence-corrected chi connectivity index (χ1v) is 5.63. The van der Waals surface area contributed by atoms with Crippen LogP contribution in [0.5, 0.6) is 17.2 Å². The van der Waals surface area contributed by atoms with Gasteiger partial charge in [0, 0.05) is 12.1 Å². The maximum atomic E-state index is 5.54. The zero-order chi connectivity index (χ0) is 13.5. The van der Waals surface area contributed by atoms with Gasteiger partial charge in [-0.15, -0.1) is 0 Å². The molecule has 1 aromatic rings. The van der Waals surface area contributed by atoms with Gasteiger partial charge in [0.1, 0.15) is 17.2 Å². The lowest BCUT2D eigenvalue weighted by molar-refractivity contribution is 0.138. The van der Waals surface area contributed by atoms with Crippen LogP contribution in [0.4, 0.5) is 0 Å². The second-order valence-electron chi connectivity index (χ2n) is 3.96. The van der Waals surface area contributed by atoms with Crippen molar-refractivity contribution < 1.29 is 18.9 Å². The summed E-state index contributed by atoms with van der Waals surface area (Å²) in [5.74, 6) is 2.06. The molecule has 4 nitrogen and oxygen atoms in total. The Balaban J connectivity index is 2.95. The fourth-order valence-corrected chi connectivity index (χ4v) is 1.55. The Morgan fingerprint density at radius 2 is 1.61 bits per heavy atom. The highest BCUT2D eigenvalue weighted by molar-refractivity contribution is 5.50. The number of hydrogen-bond donors (Lipinski definition) is 0. The molecular formula is C14H20O4. The molecule has 0 heterocycles. The molecule has 0 N–H and O–H groups in total. The maximum Gasteiger partial charge on any atom is 0.131 e. The Morgan fingerprint density at radius 1 is 1.06 bits per heavy atom. The molecule has 0 aromatic heterocycles. The molecule has 0 fully saturated rings. The highest BCUT2D eigenvalue weighted by Gasteiger charge is 2.13. The molecule has 0 saturated heterocycles. The minimum Gasteiger partial charge on any atom is -0.496 e. The lowest BCUT2D eigenvalue weighted by atomic mass is 10.1. The quantitative estimate of drug-likeness (QED) is 0.699. The van der Waals surface area contributed by atoms with Gasteiger partial charge in [-0.05, 0) is 6.92 Å². The van der Waals surface area contributed by atoms with Crippen molar-refractivity contribution in [2.45, 2.75) is 13.5 Å². The summed E-state index contributed by atoms with van der Waals surface area (Å²) < 4.78 is 21.4. The second-order valence-corrected chi connectivity index (χ2v) is 3.96. The Morgan fingerprint density at radius 3 is 2.00 bits per heavy atom. The molecule has 18 heavy (non-hydrogen) atoms. The number of methoxy groups -OCH3 is 3. The highest BCUT2D eigenvalue weighted by atomic mass is 16.5. The van der Waals surface area contributed by atoms with E-state index in [1.54, 1.807) is 21.3 Å².